The van der Waals surface area contributed by atoms with E-state index >= 15 is 0 Å². The Morgan fingerprint density at radius 2 is 1.97 bits per heavy atom. The molecule has 1 amide bonds. The van der Waals surface area contributed by atoms with Crippen LogP contribution in [0.1, 0.15) is 18.9 Å². The van der Waals surface area contributed by atoms with E-state index in [-0.39, 0.29) is 23.5 Å². The number of aromatic nitrogens is 3. The van der Waals surface area contributed by atoms with Crippen LogP contribution in [0.25, 0.3) is 0 Å². The molecule has 32 heavy (non-hydrogen) atoms. The van der Waals surface area contributed by atoms with Crippen LogP contribution in [0.3, 0.4) is 0 Å². The summed E-state index contributed by atoms with van der Waals surface area (Å²) in [6.07, 6.45) is 1.35. The van der Waals surface area contributed by atoms with Crippen LogP contribution in [-0.4, -0.2) is 31.3 Å². The number of non-ortho nitro benzene ring substituents is 1. The second kappa shape index (κ2) is 10.9. The Bertz CT molecular complexity index is 1100. The molecule has 9 nitrogen and oxygen atoms in total. The SMILES string of the molecule is C=CCn1c(SCC(=O)Nc2ccc([N+](=O)[O-])cc2)nnc1C(C)Oc1ccc(Br)cc1. The molecule has 11 heteroatoms. The lowest BCUT2D eigenvalue weighted by molar-refractivity contribution is -0.384. The maximum absolute atomic E-state index is 12.3. The van der Waals surface area contributed by atoms with Gasteiger partial charge in [-0.1, -0.05) is 33.8 Å². The van der Waals surface area contributed by atoms with Crippen molar-refractivity contribution in [1.29, 1.82) is 0 Å². The number of anilines is 1. The summed E-state index contributed by atoms with van der Waals surface area (Å²) < 4.78 is 8.78. The van der Waals surface area contributed by atoms with E-state index in [1.807, 2.05) is 35.8 Å². The van der Waals surface area contributed by atoms with Gasteiger partial charge < -0.3 is 10.1 Å². The minimum absolute atomic E-state index is 0.0399. The van der Waals surface area contributed by atoms with Gasteiger partial charge in [0, 0.05) is 28.8 Å². The van der Waals surface area contributed by atoms with Gasteiger partial charge in [0.25, 0.3) is 5.69 Å². The number of hydrogen-bond acceptors (Lipinski definition) is 7. The van der Waals surface area contributed by atoms with Crippen molar-refractivity contribution in [3.8, 4) is 5.75 Å². The van der Waals surface area contributed by atoms with Crippen molar-refractivity contribution >= 4 is 45.0 Å². The molecule has 166 valence electrons. The summed E-state index contributed by atoms with van der Waals surface area (Å²) >= 11 is 4.62. The van der Waals surface area contributed by atoms with E-state index in [0.717, 1.165) is 4.47 Å². The van der Waals surface area contributed by atoms with Gasteiger partial charge in [-0.15, -0.1) is 16.8 Å². The van der Waals surface area contributed by atoms with Crippen molar-refractivity contribution < 1.29 is 14.5 Å². The number of amides is 1. The normalized spacial score (nSPS) is 11.6. The molecular formula is C21H20BrN5O4S. The molecule has 1 N–H and O–H groups in total. The summed E-state index contributed by atoms with van der Waals surface area (Å²) in [5.74, 6) is 1.14. The number of benzene rings is 2. The van der Waals surface area contributed by atoms with Gasteiger partial charge in [-0.3, -0.25) is 19.5 Å². The van der Waals surface area contributed by atoms with Crippen LogP contribution in [0.4, 0.5) is 11.4 Å². The number of rotatable bonds is 10. The highest BCUT2D eigenvalue weighted by Crippen LogP contribution is 2.26. The summed E-state index contributed by atoms with van der Waals surface area (Å²) in [5.41, 5.74) is 0.438. The number of nitrogens with zero attached hydrogens (tertiary/aromatic N) is 4. The Hall–Kier alpha value is -3.18. The average molecular weight is 518 g/mol. The van der Waals surface area contributed by atoms with E-state index in [4.69, 9.17) is 4.74 Å². The van der Waals surface area contributed by atoms with Crippen molar-refractivity contribution in [2.24, 2.45) is 0 Å². The number of halogens is 1. The molecule has 1 unspecified atom stereocenters. The Kier molecular flexibility index (Phi) is 8.01. The van der Waals surface area contributed by atoms with Crippen LogP contribution in [0, 0.1) is 10.1 Å². The molecule has 0 saturated carbocycles. The number of hydrogen-bond donors (Lipinski definition) is 1. The number of thioether (sulfide) groups is 1. The van der Waals surface area contributed by atoms with Crippen molar-refractivity contribution in [3.63, 3.8) is 0 Å². The molecule has 3 rings (SSSR count). The first-order chi connectivity index (χ1) is 15.4. The van der Waals surface area contributed by atoms with Gasteiger partial charge in [0.05, 0.1) is 10.7 Å². The number of nitro benzene ring substituents is 1. The van der Waals surface area contributed by atoms with E-state index in [1.54, 1.807) is 6.08 Å². The van der Waals surface area contributed by atoms with Gasteiger partial charge >= 0.3 is 0 Å². The summed E-state index contributed by atoms with van der Waals surface area (Å²) in [4.78, 5) is 22.5. The first-order valence-electron chi connectivity index (χ1n) is 9.50. The fourth-order valence-electron chi connectivity index (χ4n) is 2.77. The molecule has 0 aliphatic carbocycles. The summed E-state index contributed by atoms with van der Waals surface area (Å²) in [5, 5.41) is 22.5. The third-order valence-corrected chi connectivity index (χ3v) is 5.74. The van der Waals surface area contributed by atoms with E-state index in [9.17, 15) is 14.9 Å². The number of nitro groups is 1. The van der Waals surface area contributed by atoms with Crippen molar-refractivity contribution in [2.75, 3.05) is 11.1 Å². The zero-order valence-electron chi connectivity index (χ0n) is 17.1. The molecule has 1 heterocycles. The topological polar surface area (TPSA) is 112 Å². The number of allylic oxidation sites excluding steroid dienone is 1. The second-order valence-corrected chi connectivity index (χ2v) is 8.45. The monoisotopic (exact) mass is 517 g/mol. The van der Waals surface area contributed by atoms with Gasteiger partial charge in [0.2, 0.25) is 5.91 Å². The first kappa shape index (κ1) is 23.5. The molecule has 0 radical (unpaired) electrons. The van der Waals surface area contributed by atoms with Crippen LogP contribution < -0.4 is 10.1 Å². The van der Waals surface area contributed by atoms with Crippen LogP contribution in [0.15, 0.2) is 70.8 Å². The lowest BCUT2D eigenvalue weighted by Gasteiger charge is -2.15. The lowest BCUT2D eigenvalue weighted by Crippen LogP contribution is -2.15. The Morgan fingerprint density at radius 1 is 1.28 bits per heavy atom. The quantitative estimate of drug-likeness (QED) is 0.174. The minimum atomic E-state index is -0.493. The van der Waals surface area contributed by atoms with Crippen LogP contribution in [-0.2, 0) is 11.3 Å². The highest BCUT2D eigenvalue weighted by molar-refractivity contribution is 9.10. The second-order valence-electron chi connectivity index (χ2n) is 6.59. The zero-order valence-corrected chi connectivity index (χ0v) is 19.5. The number of carbonyl (C=O) groups is 1. The molecule has 0 aliphatic rings. The van der Waals surface area contributed by atoms with Crippen LogP contribution >= 0.6 is 27.7 Å². The minimum Gasteiger partial charge on any atom is -0.483 e. The van der Waals surface area contributed by atoms with Crippen molar-refractivity contribution in [3.05, 3.63) is 81.6 Å². The highest BCUT2D eigenvalue weighted by atomic mass is 79.9. The standard InChI is InChI=1S/C21H20BrN5O4S/c1-3-12-26-20(14(2)31-18-10-4-15(22)5-11-18)24-25-21(26)32-13-19(28)23-16-6-8-17(9-7-16)27(29)30/h3-11,14H,1,12-13H2,2H3,(H,23,28). The predicted molar refractivity (Wildman–Crippen MR) is 126 cm³/mol. The van der Waals surface area contributed by atoms with Crippen molar-refractivity contribution in [1.82, 2.24) is 14.8 Å². The molecule has 3 aromatic rings. The van der Waals surface area contributed by atoms with Crippen LogP contribution in [0.2, 0.25) is 0 Å². The molecule has 1 atom stereocenters. The summed E-state index contributed by atoms with van der Waals surface area (Å²) in [6, 6.07) is 13.1. The Morgan fingerprint density at radius 3 is 2.59 bits per heavy atom. The van der Waals surface area contributed by atoms with Gasteiger partial charge in [-0.2, -0.15) is 0 Å². The van der Waals surface area contributed by atoms with E-state index in [0.29, 0.717) is 29.0 Å². The molecule has 0 fully saturated rings. The smallest absolute Gasteiger partial charge is 0.269 e. The maximum atomic E-state index is 12.3. The average Bonchev–Trinajstić information content (AvgIpc) is 3.17. The highest BCUT2D eigenvalue weighted by Gasteiger charge is 2.20. The number of nitrogens with one attached hydrogen (secondary N) is 1. The maximum Gasteiger partial charge on any atom is 0.269 e. The Balaban J connectivity index is 1.64. The van der Waals surface area contributed by atoms with Crippen molar-refractivity contribution in [2.45, 2.75) is 24.7 Å². The fraction of sp³-hybridized carbons (Fsp3) is 0.190. The van der Waals surface area contributed by atoms with Crippen LogP contribution in [0.5, 0.6) is 5.75 Å². The van der Waals surface area contributed by atoms with Gasteiger partial charge in [-0.05, 0) is 43.3 Å². The molecule has 0 spiro atoms. The van der Waals surface area contributed by atoms with Gasteiger partial charge in [0.1, 0.15) is 5.75 Å². The van der Waals surface area contributed by atoms with Gasteiger partial charge in [0.15, 0.2) is 17.1 Å². The third-order valence-electron chi connectivity index (χ3n) is 4.24. The molecule has 1 aromatic heterocycles. The predicted octanol–water partition coefficient (Wildman–Crippen LogP) is 5.01. The molecular weight excluding hydrogens is 498 g/mol. The van der Waals surface area contributed by atoms with Gasteiger partial charge in [-0.25, -0.2) is 0 Å². The Labute approximate surface area is 197 Å². The van der Waals surface area contributed by atoms with E-state index in [1.165, 1.54) is 36.0 Å². The molecule has 0 bridgehead atoms. The number of ether oxygens (including phenoxy) is 1. The number of carbonyl (C=O) groups excluding carboxylic acids is 1. The lowest BCUT2D eigenvalue weighted by atomic mass is 10.3. The first-order valence-corrected chi connectivity index (χ1v) is 11.3. The fourth-order valence-corrected chi connectivity index (χ4v) is 3.79. The third kappa shape index (κ3) is 6.17. The molecule has 2 aromatic carbocycles. The van der Waals surface area contributed by atoms with E-state index in [2.05, 4.69) is 38.0 Å². The summed E-state index contributed by atoms with van der Waals surface area (Å²) in [7, 11) is 0. The van der Waals surface area contributed by atoms with E-state index < -0.39 is 4.92 Å². The summed E-state index contributed by atoms with van der Waals surface area (Å²) in [6.45, 7) is 6.12. The largest absolute Gasteiger partial charge is 0.483 e. The zero-order chi connectivity index (χ0) is 23.1. The molecule has 0 saturated heterocycles. The molecule has 0 aliphatic heterocycles.